The highest BCUT2D eigenvalue weighted by Crippen LogP contribution is 2.28. The molecule has 0 rings (SSSR count). The van der Waals surface area contributed by atoms with Crippen LogP contribution in [0.3, 0.4) is 0 Å². The van der Waals surface area contributed by atoms with E-state index < -0.39 is 10.8 Å². The van der Waals surface area contributed by atoms with E-state index in [2.05, 4.69) is 6.07 Å². The van der Waals surface area contributed by atoms with E-state index in [1.807, 2.05) is 41.5 Å². The van der Waals surface area contributed by atoms with Gasteiger partial charge in [0.25, 0.3) is 0 Å². The highest BCUT2D eigenvalue weighted by atomic mass is 16.5. The van der Waals surface area contributed by atoms with Gasteiger partial charge in [0.2, 0.25) is 0 Å². The standard InChI is InChI=1S/C24H43NO4/c1-7-28-21(26)23(3,4)17-13-9-11-15-20(19-25)16-12-10-14-18-24(5,6)22(27)29-8-2/h20H,7-18H2,1-6H3. The van der Waals surface area contributed by atoms with Crippen LogP contribution in [-0.2, 0) is 19.1 Å². The van der Waals surface area contributed by atoms with E-state index >= 15 is 0 Å². The highest BCUT2D eigenvalue weighted by Gasteiger charge is 2.29. The maximum atomic E-state index is 11.9. The lowest BCUT2D eigenvalue weighted by atomic mass is 9.86. The predicted octanol–water partition coefficient (Wildman–Crippen LogP) is 6.21. The fourth-order valence-electron chi connectivity index (χ4n) is 3.40. The van der Waals surface area contributed by atoms with Crippen molar-refractivity contribution in [1.29, 1.82) is 5.26 Å². The van der Waals surface area contributed by atoms with Gasteiger partial charge in [-0.1, -0.05) is 38.5 Å². The number of carbonyl (C=O) groups is 2. The van der Waals surface area contributed by atoms with Crippen molar-refractivity contribution >= 4 is 11.9 Å². The minimum absolute atomic E-state index is 0.103. The fourth-order valence-corrected chi connectivity index (χ4v) is 3.40. The Hall–Kier alpha value is -1.57. The molecule has 5 heteroatoms. The lowest BCUT2D eigenvalue weighted by Gasteiger charge is -2.22. The van der Waals surface area contributed by atoms with Crippen LogP contribution < -0.4 is 0 Å². The van der Waals surface area contributed by atoms with E-state index in [0.717, 1.165) is 64.2 Å². The van der Waals surface area contributed by atoms with Gasteiger partial charge >= 0.3 is 11.9 Å². The molecule has 29 heavy (non-hydrogen) atoms. The molecule has 0 spiro atoms. The number of rotatable bonds is 16. The number of hydrogen-bond acceptors (Lipinski definition) is 5. The van der Waals surface area contributed by atoms with E-state index in [1.165, 1.54) is 0 Å². The van der Waals surface area contributed by atoms with Crippen molar-refractivity contribution in [3.63, 3.8) is 0 Å². The summed E-state index contributed by atoms with van der Waals surface area (Å²) in [7, 11) is 0. The third kappa shape index (κ3) is 11.9. The molecule has 0 radical (unpaired) electrons. The van der Waals surface area contributed by atoms with Gasteiger partial charge in [0.1, 0.15) is 0 Å². The summed E-state index contributed by atoms with van der Waals surface area (Å²) in [5.41, 5.74) is -0.857. The van der Waals surface area contributed by atoms with E-state index in [0.29, 0.717) is 13.2 Å². The number of nitrogens with zero attached hydrogens (tertiary/aromatic N) is 1. The molecule has 0 aliphatic carbocycles. The molecule has 0 aromatic rings. The van der Waals surface area contributed by atoms with Gasteiger partial charge in [-0.2, -0.15) is 5.26 Å². The largest absolute Gasteiger partial charge is 0.466 e. The van der Waals surface area contributed by atoms with E-state index in [-0.39, 0.29) is 17.9 Å². The summed E-state index contributed by atoms with van der Waals surface area (Å²) < 4.78 is 10.2. The molecule has 5 nitrogen and oxygen atoms in total. The first kappa shape index (κ1) is 27.4. The number of unbranched alkanes of at least 4 members (excludes halogenated alkanes) is 4. The van der Waals surface area contributed by atoms with Crippen molar-refractivity contribution in [2.45, 2.75) is 106 Å². The van der Waals surface area contributed by atoms with Gasteiger partial charge < -0.3 is 9.47 Å². The van der Waals surface area contributed by atoms with Crippen molar-refractivity contribution < 1.29 is 19.1 Å². The molecule has 0 atom stereocenters. The van der Waals surface area contributed by atoms with Gasteiger partial charge in [-0.15, -0.1) is 0 Å². The third-order valence-electron chi connectivity index (χ3n) is 5.55. The summed E-state index contributed by atoms with van der Waals surface area (Å²) >= 11 is 0. The first-order valence-electron chi connectivity index (χ1n) is 11.3. The molecule has 0 N–H and O–H groups in total. The number of nitriles is 1. The van der Waals surface area contributed by atoms with E-state index in [1.54, 1.807) is 0 Å². The lowest BCUT2D eigenvalue weighted by Crippen LogP contribution is -2.26. The van der Waals surface area contributed by atoms with Crippen LogP contribution in [0.2, 0.25) is 0 Å². The van der Waals surface area contributed by atoms with Crippen LogP contribution in [-0.4, -0.2) is 25.2 Å². The Bertz CT molecular complexity index is 479. The molecular weight excluding hydrogens is 366 g/mol. The SMILES string of the molecule is CCOC(=O)C(C)(C)CCCCCC(C#N)CCCCCC(C)(C)C(=O)OCC. The van der Waals surface area contributed by atoms with Crippen LogP contribution in [0.1, 0.15) is 106 Å². The van der Waals surface area contributed by atoms with Crippen molar-refractivity contribution in [1.82, 2.24) is 0 Å². The van der Waals surface area contributed by atoms with Gasteiger partial charge in [0, 0.05) is 5.92 Å². The van der Waals surface area contributed by atoms with Gasteiger partial charge in [-0.25, -0.2) is 0 Å². The molecule has 0 unspecified atom stereocenters. The normalized spacial score (nSPS) is 11.9. The second-order valence-corrected chi connectivity index (χ2v) is 9.23. The maximum absolute atomic E-state index is 11.9. The zero-order valence-corrected chi connectivity index (χ0v) is 19.6. The smallest absolute Gasteiger partial charge is 0.311 e. The zero-order valence-electron chi connectivity index (χ0n) is 19.6. The maximum Gasteiger partial charge on any atom is 0.311 e. The molecule has 0 saturated carbocycles. The highest BCUT2D eigenvalue weighted by molar-refractivity contribution is 5.76. The molecule has 0 saturated heterocycles. The molecule has 0 aliphatic rings. The topological polar surface area (TPSA) is 76.4 Å². The number of esters is 2. The first-order valence-corrected chi connectivity index (χ1v) is 11.3. The second kappa shape index (κ2) is 14.4. The monoisotopic (exact) mass is 409 g/mol. The molecule has 0 heterocycles. The van der Waals surface area contributed by atoms with Gasteiger partial charge in [-0.05, 0) is 67.2 Å². The summed E-state index contributed by atoms with van der Waals surface area (Å²) in [6.45, 7) is 12.3. The van der Waals surface area contributed by atoms with Crippen molar-refractivity contribution in [3.8, 4) is 6.07 Å². The summed E-state index contributed by atoms with van der Waals surface area (Å²) in [4.78, 5) is 23.8. The van der Waals surface area contributed by atoms with Gasteiger partial charge in [0.05, 0.1) is 30.1 Å². The van der Waals surface area contributed by atoms with Gasteiger partial charge in [-0.3, -0.25) is 9.59 Å². The number of ether oxygens (including phenoxy) is 2. The van der Waals surface area contributed by atoms with Crippen LogP contribution in [0.15, 0.2) is 0 Å². The van der Waals surface area contributed by atoms with Crippen LogP contribution >= 0.6 is 0 Å². The summed E-state index contributed by atoms with van der Waals surface area (Å²) in [5.74, 6) is -0.145. The molecule has 0 aromatic carbocycles. The van der Waals surface area contributed by atoms with Gasteiger partial charge in [0.15, 0.2) is 0 Å². The number of carbonyl (C=O) groups excluding carboxylic acids is 2. The molecule has 0 amide bonds. The first-order chi connectivity index (χ1) is 13.6. The van der Waals surface area contributed by atoms with Crippen molar-refractivity contribution in [2.24, 2.45) is 16.7 Å². The molecule has 0 bridgehead atoms. The zero-order chi connectivity index (χ0) is 22.3. The summed E-state index contributed by atoms with van der Waals surface area (Å²) in [5, 5.41) is 9.39. The van der Waals surface area contributed by atoms with Crippen molar-refractivity contribution in [2.75, 3.05) is 13.2 Å². The molecule has 0 fully saturated rings. The van der Waals surface area contributed by atoms with Crippen LogP contribution in [0, 0.1) is 28.1 Å². The molecule has 168 valence electrons. The quantitative estimate of drug-likeness (QED) is 0.224. The predicted molar refractivity (Wildman–Crippen MR) is 116 cm³/mol. The Balaban J connectivity index is 3.95. The Morgan fingerprint density at radius 3 is 1.45 bits per heavy atom. The van der Waals surface area contributed by atoms with E-state index in [4.69, 9.17) is 9.47 Å². The Morgan fingerprint density at radius 2 is 1.14 bits per heavy atom. The van der Waals surface area contributed by atoms with Crippen LogP contribution in [0.5, 0.6) is 0 Å². The average molecular weight is 410 g/mol. The second-order valence-electron chi connectivity index (χ2n) is 9.23. The Labute approximate surface area is 178 Å². The Morgan fingerprint density at radius 1 is 0.759 bits per heavy atom. The molecular formula is C24H43NO4. The van der Waals surface area contributed by atoms with Crippen LogP contribution in [0.25, 0.3) is 0 Å². The van der Waals surface area contributed by atoms with E-state index in [9.17, 15) is 14.9 Å². The third-order valence-corrected chi connectivity index (χ3v) is 5.55. The average Bonchev–Trinajstić information content (AvgIpc) is 2.66. The minimum Gasteiger partial charge on any atom is -0.466 e. The van der Waals surface area contributed by atoms with Crippen molar-refractivity contribution in [3.05, 3.63) is 0 Å². The molecule has 0 aliphatic heterocycles. The summed E-state index contributed by atoms with van der Waals surface area (Å²) in [6.07, 6.45) is 9.55. The minimum atomic E-state index is -0.429. The lowest BCUT2D eigenvalue weighted by molar-refractivity contribution is -0.154. The Kier molecular flexibility index (Phi) is 13.6. The fraction of sp³-hybridized carbons (Fsp3) is 0.875. The summed E-state index contributed by atoms with van der Waals surface area (Å²) in [6, 6.07) is 2.44. The number of hydrogen-bond donors (Lipinski definition) is 0. The molecule has 0 aromatic heterocycles. The van der Waals surface area contributed by atoms with Crippen LogP contribution in [0.4, 0.5) is 0 Å².